The van der Waals surface area contributed by atoms with Gasteiger partial charge in [-0.1, -0.05) is 18.2 Å². The zero-order valence-corrected chi connectivity index (χ0v) is 12.7. The Morgan fingerprint density at radius 3 is 2.71 bits per heavy atom. The highest BCUT2D eigenvalue weighted by molar-refractivity contribution is 5.82. The van der Waals surface area contributed by atoms with Crippen LogP contribution in [-0.4, -0.2) is 39.3 Å². The van der Waals surface area contributed by atoms with E-state index in [4.69, 9.17) is 0 Å². The van der Waals surface area contributed by atoms with E-state index in [9.17, 15) is 9.90 Å². The zero-order valence-electron chi connectivity index (χ0n) is 12.7. The van der Waals surface area contributed by atoms with Crippen LogP contribution >= 0.6 is 0 Å². The second-order valence-corrected chi connectivity index (χ2v) is 5.24. The fourth-order valence-electron chi connectivity index (χ4n) is 2.39. The molecule has 1 aromatic heterocycles. The van der Waals surface area contributed by atoms with Crippen LogP contribution in [0, 0.1) is 0 Å². The van der Waals surface area contributed by atoms with Gasteiger partial charge >= 0.3 is 0 Å². The smallest absolute Gasteiger partial charge is 0.231 e. The number of aryl methyl sites for hydroxylation is 1. The normalized spacial score (nSPS) is 12.1. The number of aromatic nitrogens is 2. The van der Waals surface area contributed by atoms with E-state index in [1.54, 1.807) is 35.0 Å². The molecule has 2 rings (SSSR count). The second-order valence-electron chi connectivity index (χ2n) is 5.24. The number of hydrogen-bond acceptors (Lipinski definition) is 3. The molecule has 5 heteroatoms. The van der Waals surface area contributed by atoms with E-state index in [1.807, 2.05) is 32.2 Å². The van der Waals surface area contributed by atoms with Crippen molar-refractivity contribution in [3.05, 3.63) is 47.8 Å². The summed E-state index contributed by atoms with van der Waals surface area (Å²) in [6.07, 6.45) is 2.33. The average molecular weight is 287 g/mol. The lowest BCUT2D eigenvalue weighted by atomic mass is 10.1. The van der Waals surface area contributed by atoms with Crippen LogP contribution in [0.5, 0.6) is 5.75 Å². The van der Waals surface area contributed by atoms with Crippen molar-refractivity contribution >= 4 is 5.91 Å². The Kier molecular flexibility index (Phi) is 4.62. The van der Waals surface area contributed by atoms with E-state index in [1.165, 1.54) is 0 Å². The van der Waals surface area contributed by atoms with Gasteiger partial charge in [0.05, 0.1) is 11.6 Å². The van der Waals surface area contributed by atoms with E-state index in [2.05, 4.69) is 5.10 Å². The van der Waals surface area contributed by atoms with Crippen molar-refractivity contribution in [2.75, 3.05) is 13.6 Å². The van der Waals surface area contributed by atoms with Crippen molar-refractivity contribution in [2.45, 2.75) is 19.3 Å². The maximum Gasteiger partial charge on any atom is 0.231 e. The van der Waals surface area contributed by atoms with Gasteiger partial charge in [0.25, 0.3) is 0 Å². The summed E-state index contributed by atoms with van der Waals surface area (Å²) >= 11 is 0. The first-order chi connectivity index (χ1) is 10.0. The van der Waals surface area contributed by atoms with Gasteiger partial charge in [-0.15, -0.1) is 0 Å². The lowest BCUT2D eigenvalue weighted by Crippen LogP contribution is -2.33. The van der Waals surface area contributed by atoms with Gasteiger partial charge in [-0.25, -0.2) is 0 Å². The summed E-state index contributed by atoms with van der Waals surface area (Å²) in [6, 6.07) is 9.07. The predicted octanol–water partition coefficient (Wildman–Crippen LogP) is 1.93. The summed E-state index contributed by atoms with van der Waals surface area (Å²) in [5, 5.41) is 13.8. The number of hydrogen-bond donors (Lipinski definition) is 1. The maximum atomic E-state index is 12.4. The molecule has 0 aliphatic carbocycles. The molecule has 1 unspecified atom stereocenters. The Morgan fingerprint density at radius 2 is 2.10 bits per heavy atom. The molecular formula is C16H21N3O2. The molecule has 1 atom stereocenters. The van der Waals surface area contributed by atoms with E-state index in [-0.39, 0.29) is 17.6 Å². The van der Waals surface area contributed by atoms with Gasteiger partial charge in [0.2, 0.25) is 5.91 Å². The molecule has 5 nitrogen and oxygen atoms in total. The monoisotopic (exact) mass is 287 g/mol. The third-order valence-corrected chi connectivity index (χ3v) is 3.76. The Balaban J connectivity index is 1.97. The van der Waals surface area contributed by atoms with Crippen molar-refractivity contribution in [3.8, 4) is 5.75 Å². The first kappa shape index (κ1) is 15.1. The number of carbonyl (C=O) groups is 1. The SMILES string of the molecule is CC(C(=O)N(C)CCc1ccccc1O)c1ccnn1C. The molecular weight excluding hydrogens is 266 g/mol. The van der Waals surface area contributed by atoms with Gasteiger partial charge in [-0.05, 0) is 31.0 Å². The third kappa shape index (κ3) is 3.42. The minimum atomic E-state index is -0.230. The van der Waals surface area contributed by atoms with Crippen LogP contribution in [0.2, 0.25) is 0 Å². The Labute approximate surface area is 124 Å². The molecule has 0 saturated carbocycles. The topological polar surface area (TPSA) is 58.4 Å². The highest BCUT2D eigenvalue weighted by Crippen LogP contribution is 2.19. The Morgan fingerprint density at radius 1 is 1.38 bits per heavy atom. The molecule has 1 N–H and O–H groups in total. The van der Waals surface area contributed by atoms with Gasteiger partial charge in [-0.2, -0.15) is 5.10 Å². The van der Waals surface area contributed by atoms with Gasteiger partial charge in [-0.3, -0.25) is 9.48 Å². The number of amides is 1. The molecule has 1 amide bonds. The van der Waals surface area contributed by atoms with Crippen molar-refractivity contribution in [1.29, 1.82) is 0 Å². The van der Waals surface area contributed by atoms with Gasteiger partial charge < -0.3 is 10.0 Å². The molecule has 0 aliphatic rings. The number of rotatable bonds is 5. The maximum absolute atomic E-state index is 12.4. The number of phenols is 1. The minimum absolute atomic E-state index is 0.0500. The summed E-state index contributed by atoms with van der Waals surface area (Å²) in [6.45, 7) is 2.45. The van der Waals surface area contributed by atoms with Gasteiger partial charge in [0.15, 0.2) is 0 Å². The standard InChI is InChI=1S/C16H21N3O2/c1-12(14-8-10-17-19(14)3)16(21)18(2)11-9-13-6-4-5-7-15(13)20/h4-8,10,12,20H,9,11H2,1-3H3. The van der Waals surface area contributed by atoms with Crippen LogP contribution in [-0.2, 0) is 18.3 Å². The van der Waals surface area contributed by atoms with Crippen LogP contribution in [0.25, 0.3) is 0 Å². The number of para-hydroxylation sites is 1. The highest BCUT2D eigenvalue weighted by Gasteiger charge is 2.21. The van der Waals surface area contributed by atoms with Crippen molar-refractivity contribution in [3.63, 3.8) is 0 Å². The molecule has 0 spiro atoms. The van der Waals surface area contributed by atoms with Gasteiger partial charge in [0.1, 0.15) is 5.75 Å². The molecule has 0 radical (unpaired) electrons. The fraction of sp³-hybridized carbons (Fsp3) is 0.375. The van der Waals surface area contributed by atoms with Crippen LogP contribution < -0.4 is 0 Å². The molecule has 0 saturated heterocycles. The molecule has 2 aromatic rings. The fourth-order valence-corrected chi connectivity index (χ4v) is 2.39. The summed E-state index contributed by atoms with van der Waals surface area (Å²) in [5.41, 5.74) is 1.75. The Bertz CT molecular complexity index is 621. The number of aromatic hydroxyl groups is 1. The second kappa shape index (κ2) is 6.43. The average Bonchev–Trinajstić information content (AvgIpc) is 2.90. The number of phenolic OH excluding ortho intramolecular Hbond substituents is 1. The molecule has 1 aromatic carbocycles. The van der Waals surface area contributed by atoms with Crippen molar-refractivity contribution < 1.29 is 9.90 Å². The lowest BCUT2D eigenvalue weighted by molar-refractivity contribution is -0.131. The van der Waals surface area contributed by atoms with E-state index in [0.717, 1.165) is 11.3 Å². The van der Waals surface area contributed by atoms with Gasteiger partial charge in [0, 0.05) is 26.8 Å². The first-order valence-corrected chi connectivity index (χ1v) is 7.00. The van der Waals surface area contributed by atoms with Crippen LogP contribution in [0.15, 0.2) is 36.5 Å². The van der Waals surface area contributed by atoms with Crippen LogP contribution in [0.1, 0.15) is 24.1 Å². The quantitative estimate of drug-likeness (QED) is 0.914. The van der Waals surface area contributed by atoms with E-state index >= 15 is 0 Å². The van der Waals surface area contributed by atoms with Crippen molar-refractivity contribution in [1.82, 2.24) is 14.7 Å². The largest absolute Gasteiger partial charge is 0.508 e. The number of carbonyl (C=O) groups excluding carboxylic acids is 1. The molecule has 0 bridgehead atoms. The molecule has 21 heavy (non-hydrogen) atoms. The zero-order chi connectivity index (χ0) is 15.4. The van der Waals surface area contributed by atoms with Crippen LogP contribution in [0.4, 0.5) is 0 Å². The minimum Gasteiger partial charge on any atom is -0.508 e. The summed E-state index contributed by atoms with van der Waals surface area (Å²) in [5.74, 6) is 0.0962. The predicted molar refractivity (Wildman–Crippen MR) is 81.1 cm³/mol. The van der Waals surface area contributed by atoms with Crippen LogP contribution in [0.3, 0.4) is 0 Å². The summed E-state index contributed by atoms with van der Waals surface area (Å²) in [4.78, 5) is 14.1. The molecule has 112 valence electrons. The Hall–Kier alpha value is -2.30. The molecule has 1 heterocycles. The number of nitrogens with zero attached hydrogens (tertiary/aromatic N) is 3. The van der Waals surface area contributed by atoms with E-state index < -0.39 is 0 Å². The highest BCUT2D eigenvalue weighted by atomic mass is 16.3. The summed E-state index contributed by atoms with van der Waals surface area (Å²) in [7, 11) is 3.62. The molecule has 0 aliphatic heterocycles. The molecule has 0 fully saturated rings. The third-order valence-electron chi connectivity index (χ3n) is 3.76. The number of likely N-dealkylation sites (N-methyl/N-ethyl adjacent to an activating group) is 1. The van der Waals surface area contributed by atoms with E-state index in [0.29, 0.717) is 13.0 Å². The number of benzene rings is 1. The first-order valence-electron chi connectivity index (χ1n) is 7.00. The van der Waals surface area contributed by atoms with Crippen molar-refractivity contribution in [2.24, 2.45) is 7.05 Å². The lowest BCUT2D eigenvalue weighted by Gasteiger charge is -2.21. The summed E-state index contributed by atoms with van der Waals surface area (Å²) < 4.78 is 1.72.